The number of allylic oxidation sites excluding steroid dienone is 2. The molecule has 2 N–H and O–H groups in total. The molecule has 3 heterocycles. The zero-order chi connectivity index (χ0) is 23.4. The summed E-state index contributed by atoms with van der Waals surface area (Å²) in [5.41, 5.74) is 4.34. The van der Waals surface area contributed by atoms with E-state index in [1.807, 2.05) is 17.0 Å². The van der Waals surface area contributed by atoms with E-state index in [1.165, 1.54) is 11.9 Å². The van der Waals surface area contributed by atoms with Crippen molar-refractivity contribution in [3.05, 3.63) is 71.2 Å². The van der Waals surface area contributed by atoms with Crippen LogP contribution in [0.1, 0.15) is 62.5 Å². The third-order valence-electron chi connectivity index (χ3n) is 6.59. The van der Waals surface area contributed by atoms with Crippen molar-refractivity contribution in [1.82, 2.24) is 25.2 Å². The topological polar surface area (TPSA) is 100 Å². The molecule has 1 atom stereocenters. The summed E-state index contributed by atoms with van der Waals surface area (Å²) in [6.45, 7) is 7.13. The summed E-state index contributed by atoms with van der Waals surface area (Å²) >= 11 is 0. The molecule has 8 nitrogen and oxygen atoms in total. The fourth-order valence-corrected chi connectivity index (χ4v) is 4.53. The Labute approximate surface area is 194 Å². The molecule has 4 rings (SSSR count). The van der Waals surface area contributed by atoms with E-state index >= 15 is 0 Å². The molecule has 0 aromatic carbocycles. The van der Waals surface area contributed by atoms with Gasteiger partial charge in [-0.2, -0.15) is 0 Å². The number of nitrogens with zero attached hydrogens (tertiary/aromatic N) is 4. The Kier molecular flexibility index (Phi) is 6.53. The van der Waals surface area contributed by atoms with Gasteiger partial charge in [-0.1, -0.05) is 13.8 Å². The number of rotatable bonds is 6. The van der Waals surface area contributed by atoms with Gasteiger partial charge >= 0.3 is 0 Å². The van der Waals surface area contributed by atoms with E-state index in [4.69, 9.17) is 0 Å². The highest BCUT2D eigenvalue weighted by Crippen LogP contribution is 2.46. The normalized spacial score (nSPS) is 20.1. The fraction of sp³-hybridized carbons (Fsp3) is 0.400. The van der Waals surface area contributed by atoms with Crippen LogP contribution >= 0.6 is 0 Å². The Morgan fingerprint density at radius 3 is 2.76 bits per heavy atom. The first-order chi connectivity index (χ1) is 15.9. The van der Waals surface area contributed by atoms with Gasteiger partial charge in [-0.25, -0.2) is 15.0 Å². The number of aromatic nitrogens is 3. The summed E-state index contributed by atoms with van der Waals surface area (Å²) in [5.74, 6) is 0.300. The van der Waals surface area contributed by atoms with Crippen LogP contribution in [0.3, 0.4) is 0 Å². The first-order valence-corrected chi connectivity index (χ1v) is 11.4. The second-order valence-electron chi connectivity index (χ2n) is 8.81. The van der Waals surface area contributed by atoms with Crippen molar-refractivity contribution in [3.63, 3.8) is 0 Å². The maximum absolute atomic E-state index is 13.2. The van der Waals surface area contributed by atoms with Gasteiger partial charge in [0.05, 0.1) is 17.8 Å². The first-order valence-electron chi connectivity index (χ1n) is 11.4. The minimum atomic E-state index is -0.228. The smallest absolute Gasteiger partial charge is 0.259 e. The van der Waals surface area contributed by atoms with Gasteiger partial charge in [-0.05, 0) is 55.5 Å². The minimum Gasteiger partial charge on any atom is -0.364 e. The Bertz CT molecular complexity index is 1110. The monoisotopic (exact) mass is 446 g/mol. The molecule has 1 aliphatic heterocycles. The van der Waals surface area contributed by atoms with Crippen LogP contribution in [0.25, 0.3) is 0 Å². The van der Waals surface area contributed by atoms with Crippen molar-refractivity contribution in [1.29, 1.82) is 0 Å². The Morgan fingerprint density at radius 2 is 2.03 bits per heavy atom. The molecule has 172 valence electrons. The SMILES string of the molecule is CCC1(C)CN(C(C)=O)C2=C1CCCC(NC(=O)c1cccnc1NCc1ccncn1)=C2. The molecular weight excluding hydrogens is 416 g/mol. The minimum absolute atomic E-state index is 0.0155. The van der Waals surface area contributed by atoms with Gasteiger partial charge in [0.15, 0.2) is 0 Å². The van der Waals surface area contributed by atoms with Crippen molar-refractivity contribution in [2.75, 3.05) is 11.9 Å². The molecule has 0 fully saturated rings. The number of carbonyl (C=O) groups excluding carboxylic acids is 2. The molecule has 33 heavy (non-hydrogen) atoms. The summed E-state index contributed by atoms with van der Waals surface area (Å²) in [4.78, 5) is 39.9. The molecule has 1 unspecified atom stereocenters. The number of hydrogen-bond acceptors (Lipinski definition) is 6. The van der Waals surface area contributed by atoms with Crippen LogP contribution in [0.4, 0.5) is 5.82 Å². The molecular formula is C25H30N6O2. The van der Waals surface area contributed by atoms with E-state index in [1.54, 1.807) is 31.5 Å². The maximum Gasteiger partial charge on any atom is 0.259 e. The lowest BCUT2D eigenvalue weighted by Gasteiger charge is -2.27. The molecule has 0 saturated carbocycles. The van der Waals surface area contributed by atoms with Gasteiger partial charge in [0.2, 0.25) is 5.91 Å². The molecule has 0 saturated heterocycles. The van der Waals surface area contributed by atoms with E-state index in [0.717, 1.165) is 42.8 Å². The van der Waals surface area contributed by atoms with Crippen molar-refractivity contribution >= 4 is 17.6 Å². The second kappa shape index (κ2) is 9.52. The number of carbonyl (C=O) groups is 2. The predicted molar refractivity (Wildman–Crippen MR) is 126 cm³/mol. The zero-order valence-corrected chi connectivity index (χ0v) is 19.4. The van der Waals surface area contributed by atoms with Gasteiger partial charge in [0, 0.05) is 42.7 Å². The number of anilines is 1. The third-order valence-corrected chi connectivity index (χ3v) is 6.59. The Morgan fingerprint density at radius 1 is 1.18 bits per heavy atom. The van der Waals surface area contributed by atoms with Crippen molar-refractivity contribution in [3.8, 4) is 0 Å². The largest absolute Gasteiger partial charge is 0.364 e. The quantitative estimate of drug-likeness (QED) is 0.700. The molecule has 2 aromatic rings. The highest BCUT2D eigenvalue weighted by Gasteiger charge is 2.41. The average molecular weight is 447 g/mol. The summed E-state index contributed by atoms with van der Waals surface area (Å²) in [6.07, 6.45) is 10.4. The van der Waals surface area contributed by atoms with Crippen LogP contribution in [0, 0.1) is 5.41 Å². The van der Waals surface area contributed by atoms with Gasteiger partial charge in [0.1, 0.15) is 12.1 Å². The number of pyridine rings is 1. The molecule has 1 aliphatic carbocycles. The van der Waals surface area contributed by atoms with E-state index in [2.05, 4.69) is 39.4 Å². The molecule has 0 spiro atoms. The lowest BCUT2D eigenvalue weighted by Crippen LogP contribution is -2.31. The fourth-order valence-electron chi connectivity index (χ4n) is 4.53. The molecule has 2 amide bonds. The molecule has 0 bridgehead atoms. The number of nitrogens with one attached hydrogen (secondary N) is 2. The number of hydrogen-bond donors (Lipinski definition) is 2. The number of amides is 2. The van der Waals surface area contributed by atoms with Gasteiger partial charge in [-0.3, -0.25) is 9.59 Å². The van der Waals surface area contributed by atoms with E-state index in [9.17, 15) is 9.59 Å². The van der Waals surface area contributed by atoms with Crippen molar-refractivity contribution < 1.29 is 9.59 Å². The molecule has 2 aromatic heterocycles. The van der Waals surface area contributed by atoms with Crippen LogP contribution in [0.15, 0.2) is 60.0 Å². The molecule has 0 radical (unpaired) electrons. The van der Waals surface area contributed by atoms with Crippen LogP contribution in [0.2, 0.25) is 0 Å². The van der Waals surface area contributed by atoms with E-state index < -0.39 is 0 Å². The predicted octanol–water partition coefficient (Wildman–Crippen LogP) is 3.81. The van der Waals surface area contributed by atoms with Crippen LogP contribution in [0.5, 0.6) is 0 Å². The average Bonchev–Trinajstić information content (AvgIpc) is 2.96. The van der Waals surface area contributed by atoms with Gasteiger partial charge < -0.3 is 15.5 Å². The van der Waals surface area contributed by atoms with Gasteiger partial charge in [-0.15, -0.1) is 0 Å². The second-order valence-corrected chi connectivity index (χ2v) is 8.81. The van der Waals surface area contributed by atoms with E-state index in [-0.39, 0.29) is 17.2 Å². The zero-order valence-electron chi connectivity index (χ0n) is 19.4. The van der Waals surface area contributed by atoms with Crippen LogP contribution in [-0.4, -0.2) is 38.2 Å². The summed E-state index contributed by atoms with van der Waals surface area (Å²) in [6, 6.07) is 5.30. The third kappa shape index (κ3) is 4.79. The van der Waals surface area contributed by atoms with Crippen LogP contribution in [-0.2, 0) is 11.3 Å². The maximum atomic E-state index is 13.2. The standard InChI is InChI=1S/C25H30N6O2/c1-4-25(3)15-31(17(2)32)22-13-18(7-5-9-21(22)25)30-24(33)20-8-6-11-27-23(20)28-14-19-10-12-26-16-29-19/h6,8,10-13,16H,4-5,7,9,14-15H2,1-3H3,(H,27,28)(H,30,33). The highest BCUT2D eigenvalue weighted by atomic mass is 16.2. The summed E-state index contributed by atoms with van der Waals surface area (Å²) in [5, 5.41) is 6.27. The first kappa shape index (κ1) is 22.6. The lowest BCUT2D eigenvalue weighted by molar-refractivity contribution is -0.127. The van der Waals surface area contributed by atoms with Crippen molar-refractivity contribution in [2.24, 2.45) is 5.41 Å². The van der Waals surface area contributed by atoms with E-state index in [0.29, 0.717) is 24.5 Å². The molecule has 8 heteroatoms. The molecule has 2 aliphatic rings. The van der Waals surface area contributed by atoms with Crippen molar-refractivity contribution in [2.45, 2.75) is 53.0 Å². The van der Waals surface area contributed by atoms with Crippen LogP contribution < -0.4 is 10.6 Å². The summed E-state index contributed by atoms with van der Waals surface area (Å²) < 4.78 is 0. The highest BCUT2D eigenvalue weighted by molar-refractivity contribution is 5.99. The van der Waals surface area contributed by atoms with Gasteiger partial charge in [0.25, 0.3) is 5.91 Å². The Hall–Kier alpha value is -3.55. The Balaban J connectivity index is 1.55. The summed E-state index contributed by atoms with van der Waals surface area (Å²) in [7, 11) is 0. The lowest BCUT2D eigenvalue weighted by atomic mass is 9.79.